The lowest BCUT2D eigenvalue weighted by Gasteiger charge is -2.29. The molecule has 3 rings (SSSR count). The molecule has 0 bridgehead atoms. The van der Waals surface area contributed by atoms with Crippen LogP contribution in [-0.2, 0) is 14.3 Å². The van der Waals surface area contributed by atoms with Gasteiger partial charge in [-0.1, -0.05) is 6.07 Å². The van der Waals surface area contributed by atoms with Crippen molar-refractivity contribution in [2.75, 3.05) is 50.1 Å². The molecule has 7 nitrogen and oxygen atoms in total. The lowest BCUT2D eigenvalue weighted by atomic mass is 10.1. The molecule has 0 unspecified atom stereocenters. The van der Waals surface area contributed by atoms with Crippen LogP contribution in [0.3, 0.4) is 0 Å². The van der Waals surface area contributed by atoms with Crippen LogP contribution in [0.1, 0.15) is 19.3 Å². The Labute approximate surface area is 153 Å². The number of amides is 1. The molecule has 1 fully saturated rings. The second-order valence-corrected chi connectivity index (χ2v) is 6.52. The average Bonchev–Trinajstić information content (AvgIpc) is 2.98. The fourth-order valence-corrected chi connectivity index (χ4v) is 3.43. The molecule has 140 valence electrons. The molecule has 0 aromatic heterocycles. The highest BCUT2D eigenvalue weighted by atomic mass is 16.5. The van der Waals surface area contributed by atoms with Crippen LogP contribution in [0.25, 0.3) is 0 Å². The largest absolute Gasteiger partial charge is 0.466 e. The maximum absolute atomic E-state index is 12.6. The number of nitrogens with zero attached hydrogens (tertiary/aromatic N) is 2. The third-order valence-electron chi connectivity index (χ3n) is 4.79. The molecule has 2 aliphatic heterocycles. The maximum Gasteiger partial charge on any atom is 0.337 e. The highest BCUT2D eigenvalue weighted by Crippen LogP contribution is 2.26. The molecule has 1 aromatic rings. The summed E-state index contributed by atoms with van der Waals surface area (Å²) in [5.41, 5.74) is 2.37. The number of nitrogens with one attached hydrogen (secondary N) is 1. The Morgan fingerprint density at radius 1 is 1.27 bits per heavy atom. The monoisotopic (exact) mass is 359 g/mol. The van der Waals surface area contributed by atoms with Gasteiger partial charge in [-0.2, -0.15) is 0 Å². The number of benzene rings is 1. The molecule has 1 aromatic carbocycles. The molecule has 2 N–H and O–H groups in total. The van der Waals surface area contributed by atoms with Crippen molar-refractivity contribution < 1.29 is 19.4 Å². The van der Waals surface area contributed by atoms with Gasteiger partial charge in [0.15, 0.2) is 0 Å². The van der Waals surface area contributed by atoms with E-state index in [0.29, 0.717) is 0 Å². The molecule has 1 saturated heterocycles. The summed E-state index contributed by atoms with van der Waals surface area (Å²) < 4.78 is 4.81. The Morgan fingerprint density at radius 3 is 2.73 bits per heavy atom. The number of piperidine rings is 1. The number of hydrogen-bond donors (Lipinski definition) is 2. The van der Waals surface area contributed by atoms with Crippen LogP contribution >= 0.6 is 0 Å². The Kier molecular flexibility index (Phi) is 5.78. The van der Waals surface area contributed by atoms with Gasteiger partial charge in [-0.25, -0.2) is 4.79 Å². The SMILES string of the molecule is COC(=O)C1=C(Nc2cccc(N3CCCCC3)c2)C(=O)N(CCO)C1. The Bertz CT molecular complexity index is 710. The minimum absolute atomic E-state index is 0.139. The third-order valence-corrected chi connectivity index (χ3v) is 4.79. The van der Waals surface area contributed by atoms with Gasteiger partial charge in [0.1, 0.15) is 5.70 Å². The van der Waals surface area contributed by atoms with E-state index in [9.17, 15) is 9.59 Å². The number of carbonyl (C=O) groups is 2. The maximum atomic E-state index is 12.6. The van der Waals surface area contributed by atoms with Gasteiger partial charge in [0.2, 0.25) is 0 Å². The van der Waals surface area contributed by atoms with Crippen LogP contribution in [0.4, 0.5) is 11.4 Å². The number of carbonyl (C=O) groups excluding carboxylic acids is 2. The van der Waals surface area contributed by atoms with Gasteiger partial charge < -0.3 is 25.0 Å². The average molecular weight is 359 g/mol. The first kappa shape index (κ1) is 18.3. The summed E-state index contributed by atoms with van der Waals surface area (Å²) in [6.07, 6.45) is 3.63. The second-order valence-electron chi connectivity index (χ2n) is 6.52. The molecule has 0 atom stereocenters. The number of hydrogen-bond acceptors (Lipinski definition) is 6. The number of aliphatic hydroxyl groups excluding tert-OH is 1. The quantitative estimate of drug-likeness (QED) is 0.746. The van der Waals surface area contributed by atoms with Crippen LogP contribution < -0.4 is 10.2 Å². The standard InChI is InChI=1S/C19H25N3O4/c1-26-19(25)16-13-22(10-11-23)18(24)17(16)20-14-6-5-7-15(12-14)21-8-3-2-4-9-21/h5-7,12,20,23H,2-4,8-11,13H2,1H3. The first-order valence-corrected chi connectivity index (χ1v) is 8.97. The van der Waals surface area contributed by atoms with E-state index >= 15 is 0 Å². The number of rotatable bonds is 6. The molecule has 2 heterocycles. The Morgan fingerprint density at radius 2 is 2.04 bits per heavy atom. The molecule has 7 heteroatoms. The number of anilines is 2. The lowest BCUT2D eigenvalue weighted by Crippen LogP contribution is -2.31. The van der Waals surface area contributed by atoms with E-state index in [2.05, 4.69) is 16.3 Å². The summed E-state index contributed by atoms with van der Waals surface area (Å²) in [6.45, 7) is 2.22. The van der Waals surface area contributed by atoms with Crippen molar-refractivity contribution in [1.82, 2.24) is 4.90 Å². The first-order valence-electron chi connectivity index (χ1n) is 8.97. The molecule has 2 aliphatic rings. The predicted molar refractivity (Wildman–Crippen MR) is 98.8 cm³/mol. The van der Waals surface area contributed by atoms with Gasteiger partial charge in [-0.15, -0.1) is 0 Å². The molecule has 0 saturated carbocycles. The van der Waals surface area contributed by atoms with E-state index in [1.54, 1.807) is 0 Å². The lowest BCUT2D eigenvalue weighted by molar-refractivity contribution is -0.136. The van der Waals surface area contributed by atoms with E-state index in [-0.39, 0.29) is 36.9 Å². The highest BCUT2D eigenvalue weighted by molar-refractivity contribution is 6.08. The van der Waals surface area contributed by atoms with Crippen molar-refractivity contribution in [2.24, 2.45) is 0 Å². The van der Waals surface area contributed by atoms with Crippen molar-refractivity contribution in [3.05, 3.63) is 35.5 Å². The van der Waals surface area contributed by atoms with Crippen LogP contribution in [-0.4, -0.2) is 61.8 Å². The zero-order valence-electron chi connectivity index (χ0n) is 15.0. The summed E-state index contributed by atoms with van der Waals surface area (Å²) in [6, 6.07) is 7.86. The molecule has 0 aliphatic carbocycles. The third kappa shape index (κ3) is 3.83. The number of aliphatic hydroxyl groups is 1. The summed E-state index contributed by atoms with van der Waals surface area (Å²) in [4.78, 5) is 28.4. The van der Waals surface area contributed by atoms with Crippen LogP contribution in [0, 0.1) is 0 Å². The van der Waals surface area contributed by atoms with Crippen LogP contribution in [0.2, 0.25) is 0 Å². The summed E-state index contributed by atoms with van der Waals surface area (Å²) in [7, 11) is 1.29. The topological polar surface area (TPSA) is 82.1 Å². The van der Waals surface area contributed by atoms with Gasteiger partial charge >= 0.3 is 5.97 Å². The van der Waals surface area contributed by atoms with Crippen molar-refractivity contribution in [3.8, 4) is 0 Å². The molecule has 0 spiro atoms. The minimum Gasteiger partial charge on any atom is -0.466 e. The van der Waals surface area contributed by atoms with Gasteiger partial charge in [-0.05, 0) is 37.5 Å². The predicted octanol–water partition coefficient (Wildman–Crippen LogP) is 1.35. The fourth-order valence-electron chi connectivity index (χ4n) is 3.43. The number of esters is 1. The van der Waals surface area contributed by atoms with Crippen molar-refractivity contribution in [1.29, 1.82) is 0 Å². The van der Waals surface area contributed by atoms with Gasteiger partial charge in [0.25, 0.3) is 5.91 Å². The Balaban J connectivity index is 1.83. The molecular formula is C19H25N3O4. The number of ether oxygens (including phenoxy) is 1. The number of β-amino-alcohol motifs (C(OH)–C–C–N with tert-alkyl or cyclic N) is 1. The van der Waals surface area contributed by atoms with Gasteiger partial charge in [0.05, 0.1) is 25.8 Å². The fraction of sp³-hybridized carbons (Fsp3) is 0.474. The van der Waals surface area contributed by atoms with E-state index in [4.69, 9.17) is 9.84 Å². The van der Waals surface area contributed by atoms with Crippen LogP contribution in [0.15, 0.2) is 35.5 Å². The van der Waals surface area contributed by atoms with Gasteiger partial charge in [-0.3, -0.25) is 4.79 Å². The van der Waals surface area contributed by atoms with E-state index in [1.807, 2.05) is 18.2 Å². The number of methoxy groups -OCH3 is 1. The molecule has 26 heavy (non-hydrogen) atoms. The van der Waals surface area contributed by atoms with E-state index < -0.39 is 5.97 Å². The van der Waals surface area contributed by atoms with Crippen molar-refractivity contribution in [2.45, 2.75) is 19.3 Å². The van der Waals surface area contributed by atoms with Gasteiger partial charge in [0, 0.05) is 31.0 Å². The summed E-state index contributed by atoms with van der Waals surface area (Å²) in [5, 5.41) is 12.2. The zero-order valence-corrected chi connectivity index (χ0v) is 15.0. The summed E-state index contributed by atoms with van der Waals surface area (Å²) in [5.74, 6) is -0.837. The Hall–Kier alpha value is -2.54. The second kappa shape index (κ2) is 8.23. The minimum atomic E-state index is -0.534. The highest BCUT2D eigenvalue weighted by Gasteiger charge is 2.34. The van der Waals surface area contributed by atoms with Crippen molar-refractivity contribution >= 4 is 23.3 Å². The van der Waals surface area contributed by atoms with E-state index in [0.717, 1.165) is 24.5 Å². The smallest absolute Gasteiger partial charge is 0.337 e. The molecular weight excluding hydrogens is 334 g/mol. The summed E-state index contributed by atoms with van der Waals surface area (Å²) >= 11 is 0. The van der Waals surface area contributed by atoms with E-state index in [1.165, 1.54) is 31.3 Å². The molecule has 0 radical (unpaired) electrons. The molecule has 1 amide bonds. The normalized spacial score (nSPS) is 17.7. The first-order chi connectivity index (χ1) is 12.6. The van der Waals surface area contributed by atoms with Crippen LogP contribution in [0.5, 0.6) is 0 Å². The van der Waals surface area contributed by atoms with Crippen molar-refractivity contribution in [3.63, 3.8) is 0 Å². The zero-order chi connectivity index (χ0) is 18.5.